The molecule has 0 saturated heterocycles. The van der Waals surface area contributed by atoms with E-state index in [1.165, 1.54) is 66.4 Å². The number of para-hydroxylation sites is 1. The molecule has 0 fully saturated rings. The summed E-state index contributed by atoms with van der Waals surface area (Å²) in [7, 11) is 0. The van der Waals surface area contributed by atoms with Gasteiger partial charge in [-0.3, -0.25) is 0 Å². The average Bonchev–Trinajstić information content (AvgIpc) is 3.41. The van der Waals surface area contributed by atoms with Gasteiger partial charge in [-0.05, 0) is 91.2 Å². The first-order valence-electron chi connectivity index (χ1n) is 17.4. The first kappa shape index (κ1) is 29.9. The van der Waals surface area contributed by atoms with E-state index < -0.39 is 0 Å². The fraction of sp³-hybridized carbons (Fsp3) is 0.0612. The van der Waals surface area contributed by atoms with Gasteiger partial charge in [0.05, 0.1) is 5.69 Å². The van der Waals surface area contributed by atoms with E-state index >= 15 is 0 Å². The summed E-state index contributed by atoms with van der Waals surface area (Å²) in [5.74, 6) is 0. The van der Waals surface area contributed by atoms with E-state index in [2.05, 4.69) is 207 Å². The topological polar surface area (TPSA) is 3.24 Å². The summed E-state index contributed by atoms with van der Waals surface area (Å²) in [5.41, 5.74) is 16.0. The van der Waals surface area contributed by atoms with Gasteiger partial charge in [-0.2, -0.15) is 0 Å². The Labute approximate surface area is 294 Å². The highest BCUT2D eigenvalue weighted by molar-refractivity contribution is 6.06. The summed E-state index contributed by atoms with van der Waals surface area (Å²) in [4.78, 5) is 2.43. The van der Waals surface area contributed by atoms with E-state index in [1.54, 1.807) is 0 Å². The van der Waals surface area contributed by atoms with Crippen LogP contribution in [-0.2, 0) is 5.41 Å². The van der Waals surface area contributed by atoms with Gasteiger partial charge in [0.2, 0.25) is 0 Å². The van der Waals surface area contributed by atoms with Crippen LogP contribution in [0.4, 0.5) is 17.1 Å². The van der Waals surface area contributed by atoms with Crippen LogP contribution in [0, 0.1) is 0 Å². The second-order valence-electron chi connectivity index (χ2n) is 13.7. The maximum atomic E-state index is 2.43. The van der Waals surface area contributed by atoms with Crippen LogP contribution in [0.15, 0.2) is 188 Å². The van der Waals surface area contributed by atoms with Crippen molar-refractivity contribution in [2.75, 3.05) is 4.90 Å². The molecule has 0 heterocycles. The zero-order valence-electron chi connectivity index (χ0n) is 28.3. The summed E-state index contributed by atoms with van der Waals surface area (Å²) >= 11 is 0. The van der Waals surface area contributed by atoms with Crippen molar-refractivity contribution >= 4 is 27.8 Å². The molecule has 9 rings (SSSR count). The number of nitrogens with zero attached hydrogens (tertiary/aromatic N) is 1. The Morgan fingerprint density at radius 1 is 0.360 bits per heavy atom. The van der Waals surface area contributed by atoms with E-state index in [0.717, 1.165) is 17.1 Å². The molecule has 8 aromatic carbocycles. The molecule has 0 unspecified atom stereocenters. The molecule has 1 heteroatoms. The minimum absolute atomic E-state index is 0.0960. The van der Waals surface area contributed by atoms with Crippen molar-refractivity contribution in [2.45, 2.75) is 19.3 Å². The second kappa shape index (κ2) is 12.1. The van der Waals surface area contributed by atoms with Crippen LogP contribution in [0.25, 0.3) is 55.3 Å². The van der Waals surface area contributed by atoms with Crippen LogP contribution in [0.5, 0.6) is 0 Å². The van der Waals surface area contributed by atoms with Gasteiger partial charge >= 0.3 is 0 Å². The number of hydrogen-bond donors (Lipinski definition) is 0. The van der Waals surface area contributed by atoms with Gasteiger partial charge in [-0.15, -0.1) is 0 Å². The lowest BCUT2D eigenvalue weighted by molar-refractivity contribution is 0.660. The number of benzene rings is 8. The third-order valence-corrected chi connectivity index (χ3v) is 10.5. The molecule has 1 nitrogen and oxygen atoms in total. The minimum Gasteiger partial charge on any atom is -0.310 e. The zero-order chi connectivity index (χ0) is 33.7. The van der Waals surface area contributed by atoms with Crippen molar-refractivity contribution in [3.8, 4) is 44.5 Å². The predicted octanol–water partition coefficient (Wildman–Crippen LogP) is 13.6. The maximum absolute atomic E-state index is 2.43. The standard InChI is InChI=1S/C49H37N/c1-49(2)45-25-11-9-22-43(45)44-32-31-39(33-46(44)49)50(47-26-12-10-21-40(47)34-15-5-3-6-16-34)38-29-27-36(28-30-38)42-24-14-20-37-19-13-23-41(48(37)42)35-17-7-4-8-18-35/h3-33H,1-2H3. The number of hydrogen-bond acceptors (Lipinski definition) is 1. The molecule has 1 aliphatic carbocycles. The molecular formula is C49H37N. The molecule has 50 heavy (non-hydrogen) atoms. The average molecular weight is 640 g/mol. The Kier molecular flexibility index (Phi) is 7.21. The molecule has 0 bridgehead atoms. The lowest BCUT2D eigenvalue weighted by atomic mass is 9.82. The third-order valence-electron chi connectivity index (χ3n) is 10.5. The van der Waals surface area contributed by atoms with Gasteiger partial charge in [0.15, 0.2) is 0 Å². The lowest BCUT2D eigenvalue weighted by Gasteiger charge is -2.30. The van der Waals surface area contributed by atoms with E-state index in [1.807, 2.05) is 0 Å². The van der Waals surface area contributed by atoms with Crippen molar-refractivity contribution in [3.63, 3.8) is 0 Å². The van der Waals surface area contributed by atoms with Crippen LogP contribution < -0.4 is 4.90 Å². The molecular weight excluding hydrogens is 603 g/mol. The molecule has 0 aliphatic heterocycles. The third kappa shape index (κ3) is 4.94. The Morgan fingerprint density at radius 3 is 1.54 bits per heavy atom. The van der Waals surface area contributed by atoms with Crippen LogP contribution in [0.3, 0.4) is 0 Å². The van der Waals surface area contributed by atoms with Crippen LogP contribution in [0.2, 0.25) is 0 Å². The fourth-order valence-electron chi connectivity index (χ4n) is 8.02. The molecule has 0 saturated carbocycles. The first-order chi connectivity index (χ1) is 24.6. The minimum atomic E-state index is -0.0960. The van der Waals surface area contributed by atoms with Gasteiger partial charge in [-0.25, -0.2) is 0 Å². The largest absolute Gasteiger partial charge is 0.310 e. The van der Waals surface area contributed by atoms with Crippen LogP contribution >= 0.6 is 0 Å². The Hall–Kier alpha value is -6.18. The summed E-state index contributed by atoms with van der Waals surface area (Å²) < 4.78 is 0. The van der Waals surface area contributed by atoms with Crippen molar-refractivity contribution in [1.29, 1.82) is 0 Å². The molecule has 0 aromatic heterocycles. The van der Waals surface area contributed by atoms with Crippen molar-refractivity contribution < 1.29 is 0 Å². The van der Waals surface area contributed by atoms with Gasteiger partial charge < -0.3 is 4.90 Å². The molecule has 0 N–H and O–H groups in total. The Balaban J connectivity index is 1.21. The number of fused-ring (bicyclic) bond motifs is 4. The van der Waals surface area contributed by atoms with E-state index in [9.17, 15) is 0 Å². The Morgan fingerprint density at radius 2 is 0.860 bits per heavy atom. The SMILES string of the molecule is CC1(C)c2ccccc2-c2ccc(N(c3ccc(-c4cccc5cccc(-c6ccccc6)c45)cc3)c3ccccc3-c3ccccc3)cc21. The molecule has 238 valence electrons. The normalized spacial score (nSPS) is 12.8. The summed E-state index contributed by atoms with van der Waals surface area (Å²) in [6, 6.07) is 68.5. The zero-order valence-corrected chi connectivity index (χ0v) is 28.3. The second-order valence-corrected chi connectivity index (χ2v) is 13.7. The highest BCUT2D eigenvalue weighted by Gasteiger charge is 2.35. The van der Waals surface area contributed by atoms with Gasteiger partial charge in [0.1, 0.15) is 0 Å². The quantitative estimate of drug-likeness (QED) is 0.175. The van der Waals surface area contributed by atoms with Crippen LogP contribution in [-0.4, -0.2) is 0 Å². The highest BCUT2D eigenvalue weighted by atomic mass is 15.1. The number of anilines is 3. The van der Waals surface area contributed by atoms with Crippen LogP contribution in [0.1, 0.15) is 25.0 Å². The van der Waals surface area contributed by atoms with E-state index in [0.29, 0.717) is 0 Å². The van der Waals surface area contributed by atoms with E-state index in [4.69, 9.17) is 0 Å². The molecule has 0 atom stereocenters. The van der Waals surface area contributed by atoms with Gasteiger partial charge in [0, 0.05) is 22.4 Å². The first-order valence-corrected chi connectivity index (χ1v) is 17.4. The molecule has 0 radical (unpaired) electrons. The summed E-state index contributed by atoms with van der Waals surface area (Å²) in [5, 5.41) is 2.52. The monoisotopic (exact) mass is 639 g/mol. The molecule has 1 aliphatic rings. The lowest BCUT2D eigenvalue weighted by Crippen LogP contribution is -2.16. The van der Waals surface area contributed by atoms with Crippen molar-refractivity contribution in [2.24, 2.45) is 0 Å². The molecule has 0 spiro atoms. The summed E-state index contributed by atoms with van der Waals surface area (Å²) in [6.45, 7) is 4.71. The fourth-order valence-corrected chi connectivity index (χ4v) is 8.02. The Bertz CT molecular complexity index is 2490. The highest BCUT2D eigenvalue weighted by Crippen LogP contribution is 2.51. The summed E-state index contributed by atoms with van der Waals surface area (Å²) in [6.07, 6.45) is 0. The van der Waals surface area contributed by atoms with Crippen molar-refractivity contribution in [1.82, 2.24) is 0 Å². The van der Waals surface area contributed by atoms with Gasteiger partial charge in [0.25, 0.3) is 0 Å². The molecule has 0 amide bonds. The van der Waals surface area contributed by atoms with Gasteiger partial charge in [-0.1, -0.05) is 172 Å². The van der Waals surface area contributed by atoms with E-state index in [-0.39, 0.29) is 5.41 Å². The smallest absolute Gasteiger partial charge is 0.0540 e. The predicted molar refractivity (Wildman–Crippen MR) is 213 cm³/mol. The number of rotatable bonds is 6. The van der Waals surface area contributed by atoms with Crippen molar-refractivity contribution in [3.05, 3.63) is 199 Å². The maximum Gasteiger partial charge on any atom is 0.0540 e. The molecule has 8 aromatic rings.